The summed E-state index contributed by atoms with van der Waals surface area (Å²) in [6.07, 6.45) is 1.72. The Labute approximate surface area is 247 Å². The molecule has 1 unspecified atom stereocenters. The molecule has 2 amide bonds. The van der Waals surface area contributed by atoms with E-state index in [1.54, 1.807) is 24.3 Å². The summed E-state index contributed by atoms with van der Waals surface area (Å²) in [5.74, 6) is -2.06. The third-order valence-electron chi connectivity index (χ3n) is 7.39. The van der Waals surface area contributed by atoms with Gasteiger partial charge in [-0.05, 0) is 30.2 Å². The highest BCUT2D eigenvalue weighted by atomic mass is 32.1. The maximum absolute atomic E-state index is 13.2. The minimum absolute atomic E-state index is 0.0406. The van der Waals surface area contributed by atoms with E-state index in [2.05, 4.69) is 17.2 Å². The summed E-state index contributed by atoms with van der Waals surface area (Å²) in [5, 5.41) is 14.5. The number of amides is 2. The Morgan fingerprint density at radius 1 is 1.07 bits per heavy atom. The number of ether oxygens (including phenoxy) is 1. The highest BCUT2D eigenvalue weighted by Gasteiger charge is 2.31. The molecule has 1 aromatic carbocycles. The highest BCUT2D eigenvalue weighted by Crippen LogP contribution is 2.31. The van der Waals surface area contributed by atoms with Crippen molar-refractivity contribution in [3.63, 3.8) is 0 Å². The van der Waals surface area contributed by atoms with Crippen molar-refractivity contribution in [1.82, 2.24) is 15.2 Å². The fourth-order valence-electron chi connectivity index (χ4n) is 4.69. The van der Waals surface area contributed by atoms with Crippen molar-refractivity contribution in [2.45, 2.75) is 91.8 Å². The lowest BCUT2D eigenvalue weighted by atomic mass is 9.95. The fourth-order valence-corrected chi connectivity index (χ4v) is 5.53. The van der Waals surface area contributed by atoms with Crippen LogP contribution in [0, 0.1) is 17.8 Å². The van der Waals surface area contributed by atoms with E-state index in [4.69, 9.17) is 4.74 Å². The molecule has 0 bridgehead atoms. The number of aliphatic carboxylic acids is 1. The van der Waals surface area contributed by atoms with E-state index in [9.17, 15) is 24.3 Å². The molecule has 0 saturated carbocycles. The Morgan fingerprint density at radius 3 is 2.29 bits per heavy atom. The van der Waals surface area contributed by atoms with Crippen LogP contribution in [-0.2, 0) is 25.5 Å². The molecule has 9 nitrogen and oxygen atoms in total. The van der Waals surface area contributed by atoms with Crippen LogP contribution in [0.4, 0.5) is 0 Å². The maximum Gasteiger partial charge on any atom is 0.306 e. The van der Waals surface area contributed by atoms with Crippen LogP contribution in [0.15, 0.2) is 35.7 Å². The second-order valence-electron chi connectivity index (χ2n) is 11.3. The van der Waals surface area contributed by atoms with E-state index in [0.717, 1.165) is 12.0 Å². The van der Waals surface area contributed by atoms with Crippen molar-refractivity contribution in [2.24, 2.45) is 17.8 Å². The second-order valence-corrected chi connectivity index (χ2v) is 12.2. The first kappa shape index (κ1) is 33.9. The Balaban J connectivity index is 2.24. The predicted molar refractivity (Wildman–Crippen MR) is 160 cm³/mol. The standard InChI is InChI=1S/C31H45N3O6S/c1-8-20(4)14-28(36)34(7)26(19(2)3)17-27(40-22(6)35)30-33-25(18-41-30)29(37)32-24(15-21(5)31(38)39)16-23-12-10-9-11-13-23/h9-13,18-21,24,26-27H,8,14-17H2,1-7H3,(H,32,37)(H,38,39)/t20-,21-,24+,26?,27+/m0/s1. The van der Waals surface area contributed by atoms with Gasteiger partial charge < -0.3 is 20.1 Å². The molecule has 0 spiro atoms. The summed E-state index contributed by atoms with van der Waals surface area (Å²) >= 11 is 1.22. The zero-order valence-corrected chi connectivity index (χ0v) is 26.1. The Kier molecular flexibility index (Phi) is 13.4. The summed E-state index contributed by atoms with van der Waals surface area (Å²) in [4.78, 5) is 56.0. The number of rotatable bonds is 16. The first-order valence-corrected chi connectivity index (χ1v) is 15.2. The third kappa shape index (κ3) is 10.9. The zero-order chi connectivity index (χ0) is 30.7. The quantitative estimate of drug-likeness (QED) is 0.248. The molecule has 1 heterocycles. The average Bonchev–Trinajstić information content (AvgIpc) is 3.41. The van der Waals surface area contributed by atoms with Gasteiger partial charge in [-0.25, -0.2) is 4.98 Å². The van der Waals surface area contributed by atoms with Crippen LogP contribution in [0.3, 0.4) is 0 Å². The number of nitrogens with one attached hydrogen (secondary N) is 1. The lowest BCUT2D eigenvalue weighted by Gasteiger charge is -2.34. The molecule has 0 saturated heterocycles. The van der Waals surface area contributed by atoms with Crippen molar-refractivity contribution >= 4 is 35.1 Å². The molecule has 41 heavy (non-hydrogen) atoms. The molecule has 0 aliphatic heterocycles. The molecule has 0 radical (unpaired) electrons. The van der Waals surface area contributed by atoms with Crippen LogP contribution in [0.25, 0.3) is 0 Å². The Morgan fingerprint density at radius 2 is 1.73 bits per heavy atom. The first-order chi connectivity index (χ1) is 19.3. The number of nitrogens with zero attached hydrogens (tertiary/aromatic N) is 2. The van der Waals surface area contributed by atoms with Gasteiger partial charge in [0.1, 0.15) is 10.7 Å². The number of benzene rings is 1. The van der Waals surface area contributed by atoms with Crippen molar-refractivity contribution in [1.29, 1.82) is 0 Å². The lowest BCUT2D eigenvalue weighted by Crippen LogP contribution is -2.42. The van der Waals surface area contributed by atoms with Crippen LogP contribution in [0.1, 0.15) is 94.4 Å². The van der Waals surface area contributed by atoms with E-state index in [-0.39, 0.29) is 35.9 Å². The number of carboxylic acid groups (broad SMARTS) is 1. The monoisotopic (exact) mass is 587 g/mol. The third-order valence-corrected chi connectivity index (χ3v) is 8.33. The SMILES string of the molecule is CC[C@H](C)CC(=O)N(C)C(C[C@@H](OC(C)=O)c1nc(C(=O)N[C@@H](Cc2ccccc2)C[C@H](C)C(=O)O)cs1)C(C)C. The molecule has 10 heteroatoms. The van der Waals surface area contributed by atoms with Gasteiger partial charge in [0.2, 0.25) is 5.91 Å². The molecule has 1 aromatic heterocycles. The topological polar surface area (TPSA) is 126 Å². The Bertz CT molecular complexity index is 1150. The summed E-state index contributed by atoms with van der Waals surface area (Å²) in [5.41, 5.74) is 1.15. The molecule has 226 valence electrons. The number of esters is 1. The number of thiazole rings is 1. The number of aromatic nitrogens is 1. The van der Waals surface area contributed by atoms with Gasteiger partial charge in [-0.1, -0.05) is 71.4 Å². The lowest BCUT2D eigenvalue weighted by molar-refractivity contribution is -0.148. The highest BCUT2D eigenvalue weighted by molar-refractivity contribution is 7.09. The van der Waals surface area contributed by atoms with Crippen LogP contribution in [0.5, 0.6) is 0 Å². The number of carbonyl (C=O) groups excluding carboxylic acids is 3. The van der Waals surface area contributed by atoms with E-state index < -0.39 is 35.9 Å². The van der Waals surface area contributed by atoms with Crippen LogP contribution >= 0.6 is 11.3 Å². The van der Waals surface area contributed by atoms with Crippen LogP contribution in [-0.4, -0.2) is 57.9 Å². The van der Waals surface area contributed by atoms with Gasteiger partial charge in [0, 0.05) is 44.3 Å². The fraction of sp³-hybridized carbons (Fsp3) is 0.581. The van der Waals surface area contributed by atoms with E-state index >= 15 is 0 Å². The van der Waals surface area contributed by atoms with Crippen LogP contribution in [0.2, 0.25) is 0 Å². The van der Waals surface area contributed by atoms with Gasteiger partial charge in [0.25, 0.3) is 5.91 Å². The zero-order valence-electron chi connectivity index (χ0n) is 25.3. The molecule has 2 rings (SSSR count). The molecule has 2 aromatic rings. The summed E-state index contributed by atoms with van der Waals surface area (Å²) < 4.78 is 5.66. The maximum atomic E-state index is 13.2. The van der Waals surface area contributed by atoms with Crippen molar-refractivity contribution in [3.05, 3.63) is 52.0 Å². The second kappa shape index (κ2) is 16.2. The summed E-state index contributed by atoms with van der Waals surface area (Å²) in [6, 6.07) is 8.95. The van der Waals surface area contributed by atoms with E-state index in [0.29, 0.717) is 24.3 Å². The van der Waals surface area contributed by atoms with Gasteiger partial charge in [-0.3, -0.25) is 19.2 Å². The summed E-state index contributed by atoms with van der Waals surface area (Å²) in [7, 11) is 1.78. The van der Waals surface area contributed by atoms with Gasteiger partial charge in [-0.15, -0.1) is 11.3 Å². The molecule has 5 atom stereocenters. The number of hydrogen-bond acceptors (Lipinski definition) is 7. The van der Waals surface area contributed by atoms with Crippen LogP contribution < -0.4 is 5.32 Å². The molecular weight excluding hydrogens is 542 g/mol. The van der Waals surface area contributed by atoms with Crippen molar-refractivity contribution in [2.75, 3.05) is 7.05 Å². The molecule has 2 N–H and O–H groups in total. The minimum atomic E-state index is -0.926. The smallest absolute Gasteiger partial charge is 0.306 e. The van der Waals surface area contributed by atoms with Gasteiger partial charge in [0.05, 0.1) is 5.92 Å². The van der Waals surface area contributed by atoms with Crippen molar-refractivity contribution < 1.29 is 29.0 Å². The molecule has 0 aliphatic carbocycles. The number of carbonyl (C=O) groups is 4. The number of carboxylic acids is 1. The van der Waals surface area contributed by atoms with Gasteiger partial charge in [-0.2, -0.15) is 0 Å². The Hall–Kier alpha value is -3.27. The van der Waals surface area contributed by atoms with Gasteiger partial charge in [0.15, 0.2) is 6.10 Å². The summed E-state index contributed by atoms with van der Waals surface area (Å²) in [6.45, 7) is 11.1. The minimum Gasteiger partial charge on any atom is -0.481 e. The first-order valence-electron chi connectivity index (χ1n) is 14.3. The van der Waals surface area contributed by atoms with E-state index in [1.807, 2.05) is 51.1 Å². The molecule has 0 fully saturated rings. The molecular formula is C31H45N3O6S. The average molecular weight is 588 g/mol. The normalized spacial score (nSPS) is 14.9. The largest absolute Gasteiger partial charge is 0.481 e. The molecule has 0 aliphatic rings. The van der Waals surface area contributed by atoms with E-state index in [1.165, 1.54) is 18.3 Å². The predicted octanol–water partition coefficient (Wildman–Crippen LogP) is 5.51. The number of hydrogen-bond donors (Lipinski definition) is 2. The van der Waals surface area contributed by atoms with Gasteiger partial charge >= 0.3 is 11.9 Å². The van der Waals surface area contributed by atoms with Crippen molar-refractivity contribution in [3.8, 4) is 0 Å².